The fraction of sp³-hybridized carbons (Fsp3) is 0.375. The first kappa shape index (κ1) is 15.9. The molecule has 96 valence electrons. The summed E-state index contributed by atoms with van der Waals surface area (Å²) in [5.41, 5.74) is 0.311. The van der Waals surface area contributed by atoms with Gasteiger partial charge in [0.15, 0.2) is 0 Å². The summed E-state index contributed by atoms with van der Waals surface area (Å²) in [4.78, 5) is 0. The first-order valence-electron chi connectivity index (χ1n) is 6.34. The first-order chi connectivity index (χ1) is 8.06. The van der Waals surface area contributed by atoms with Gasteiger partial charge in [0.1, 0.15) is 0 Å². The molecule has 2 aliphatic rings. The summed E-state index contributed by atoms with van der Waals surface area (Å²) in [5, 5.41) is 0. The molecule has 0 aromatic carbocycles. The van der Waals surface area contributed by atoms with Gasteiger partial charge in [-0.25, -0.2) is 0 Å². The van der Waals surface area contributed by atoms with Crippen molar-refractivity contribution in [3.8, 4) is 0 Å². The Labute approximate surface area is 125 Å². The number of hydrogen-bond donors (Lipinski definition) is 0. The van der Waals surface area contributed by atoms with E-state index in [1.165, 1.54) is 12.8 Å². The zero-order chi connectivity index (χ0) is 12.3. The molecule has 0 saturated heterocycles. The van der Waals surface area contributed by atoms with Crippen LogP contribution in [-0.2, 0) is 21.8 Å². The van der Waals surface area contributed by atoms with Crippen molar-refractivity contribution in [1.82, 2.24) is 0 Å². The van der Waals surface area contributed by atoms with Gasteiger partial charge in [0, 0.05) is 0 Å². The fourth-order valence-electron chi connectivity index (χ4n) is 2.05. The topological polar surface area (TPSA) is 0 Å². The monoisotopic (exact) mass is 338 g/mol. The zero-order valence-electron chi connectivity index (χ0n) is 11.4. The molecular weight excluding hydrogens is 319 g/mol. The molecule has 0 aliphatic heterocycles. The molecule has 0 atom stereocenters. The summed E-state index contributed by atoms with van der Waals surface area (Å²) < 4.78 is 6.03. The summed E-state index contributed by atoms with van der Waals surface area (Å²) in [6.45, 7) is 6.85. The second kappa shape index (κ2) is 6.87. The van der Waals surface area contributed by atoms with Crippen LogP contribution in [-0.4, -0.2) is 0 Å². The average molecular weight is 340 g/mol. The van der Waals surface area contributed by atoms with E-state index in [4.69, 9.17) is 0 Å². The van der Waals surface area contributed by atoms with Gasteiger partial charge < -0.3 is 12.4 Å². The summed E-state index contributed by atoms with van der Waals surface area (Å²) in [7, 11) is 0. The number of hydrogen-bond acceptors (Lipinski definition) is 0. The van der Waals surface area contributed by atoms with E-state index in [0.29, 0.717) is 5.41 Å². The van der Waals surface area contributed by atoms with Gasteiger partial charge in [-0.05, 0) is 0 Å². The van der Waals surface area contributed by atoms with E-state index in [1.807, 2.05) is 0 Å². The number of allylic oxidation sites excluding steroid dienone is 9. The van der Waals surface area contributed by atoms with Crippen molar-refractivity contribution >= 4 is 0 Å². The van der Waals surface area contributed by atoms with E-state index >= 15 is 0 Å². The molecule has 0 unspecified atom stereocenters. The van der Waals surface area contributed by atoms with Gasteiger partial charge in [0.05, 0.1) is 0 Å². The quantitative estimate of drug-likeness (QED) is 0.736. The number of rotatable bonds is 3. The molecule has 0 aromatic heterocycles. The molecule has 0 heterocycles. The Morgan fingerprint density at radius 1 is 1.00 bits per heavy atom. The second-order valence-electron chi connectivity index (χ2n) is 5.76. The van der Waals surface area contributed by atoms with Crippen LogP contribution >= 0.6 is 0 Å². The van der Waals surface area contributed by atoms with Crippen LogP contribution in [0.2, 0.25) is 0 Å². The van der Waals surface area contributed by atoms with Crippen LogP contribution in [0.5, 0.6) is 0 Å². The maximum atomic E-state index is 2.58. The molecule has 0 nitrogen and oxygen atoms in total. The Balaban J connectivity index is 0.00000162. The molecule has 2 heteroatoms. The van der Waals surface area contributed by atoms with E-state index in [9.17, 15) is 0 Å². The van der Waals surface area contributed by atoms with Crippen LogP contribution in [0.25, 0.3) is 0 Å². The molecule has 2 rings (SSSR count). The minimum atomic E-state index is -1.65. The van der Waals surface area contributed by atoms with Crippen LogP contribution in [0.3, 0.4) is 0 Å². The van der Waals surface area contributed by atoms with Gasteiger partial charge in [-0.1, -0.05) is 0 Å². The maximum Gasteiger partial charge on any atom is -1.00 e. The summed E-state index contributed by atoms with van der Waals surface area (Å²) in [5.74, 6) is 0. The van der Waals surface area contributed by atoms with Gasteiger partial charge in [-0.2, -0.15) is 0 Å². The molecule has 2 aliphatic carbocycles. The molecule has 0 radical (unpaired) electrons. The first-order valence-corrected chi connectivity index (χ1v) is 10.2. The molecule has 18 heavy (non-hydrogen) atoms. The van der Waals surface area contributed by atoms with E-state index in [0.717, 1.165) is 0 Å². The molecule has 0 amide bonds. The van der Waals surface area contributed by atoms with Gasteiger partial charge in [-0.15, -0.1) is 0 Å². The van der Waals surface area contributed by atoms with Crippen molar-refractivity contribution in [3.05, 3.63) is 52.9 Å². The molecule has 0 aromatic rings. The third-order valence-corrected chi connectivity index (χ3v) is 9.44. The normalized spacial score (nSPS) is 17.9. The standard InChI is InChI=1S/C6H11.2C5H5.ClH.Zr/c1-5-6(2,3)4;2*1-2-4-5-3-1;;/h1,5H,2-4H3;2*1-3H,4H2;1H;/q;;;;+1/p-1. The van der Waals surface area contributed by atoms with E-state index < -0.39 is 21.8 Å². The third-order valence-electron chi connectivity index (χ3n) is 2.98. The summed E-state index contributed by atoms with van der Waals surface area (Å²) in [6.07, 6.45) is 18.6. The summed E-state index contributed by atoms with van der Waals surface area (Å²) >= 11 is -1.65. The van der Waals surface area contributed by atoms with Crippen molar-refractivity contribution in [3.63, 3.8) is 0 Å². The van der Waals surface area contributed by atoms with Crippen LogP contribution < -0.4 is 12.4 Å². The van der Waals surface area contributed by atoms with Crippen LogP contribution in [0.15, 0.2) is 52.9 Å². The summed E-state index contributed by atoms with van der Waals surface area (Å²) in [6, 6.07) is 0. The van der Waals surface area contributed by atoms with Gasteiger partial charge >= 0.3 is 114 Å². The minimum absolute atomic E-state index is 0. The molecule has 0 fully saturated rings. The van der Waals surface area contributed by atoms with Gasteiger partial charge in [0.25, 0.3) is 0 Å². The molecule has 0 N–H and O–H groups in total. The van der Waals surface area contributed by atoms with E-state index in [-0.39, 0.29) is 12.4 Å². The predicted molar refractivity (Wildman–Crippen MR) is 72.3 cm³/mol. The minimum Gasteiger partial charge on any atom is -1.00 e. The van der Waals surface area contributed by atoms with Crippen molar-refractivity contribution in [2.45, 2.75) is 33.6 Å². The Morgan fingerprint density at radius 3 is 1.83 bits per heavy atom. The van der Waals surface area contributed by atoms with Crippen molar-refractivity contribution in [1.29, 1.82) is 0 Å². The maximum absolute atomic E-state index is 2.58. The largest absolute Gasteiger partial charge is 1.00 e. The molecule has 0 saturated carbocycles. The van der Waals surface area contributed by atoms with E-state index in [1.54, 1.807) is 6.56 Å². The predicted octanol–water partition coefficient (Wildman–Crippen LogP) is 1.86. The fourth-order valence-corrected chi connectivity index (χ4v) is 8.77. The van der Waals surface area contributed by atoms with Crippen molar-refractivity contribution in [2.75, 3.05) is 0 Å². The number of halogens is 1. The Hall–Kier alpha value is -0.127. The van der Waals surface area contributed by atoms with E-state index in [2.05, 4.69) is 67.1 Å². The molecular formula is C16H21ClZr. The van der Waals surface area contributed by atoms with Crippen LogP contribution in [0, 0.1) is 5.41 Å². The second-order valence-corrected chi connectivity index (χ2v) is 11.8. The SMILES string of the molecule is CC(C)(C)/C=[CH]/[Zr+]([C]1=CC=CC1)[C]1=CC=CC1.[Cl-]. The Kier molecular flexibility index (Phi) is 6.08. The van der Waals surface area contributed by atoms with Crippen molar-refractivity contribution in [2.24, 2.45) is 5.41 Å². The smallest absolute Gasteiger partial charge is 1.00 e. The Bertz CT molecular complexity index is 401. The molecule has 0 bridgehead atoms. The van der Waals surface area contributed by atoms with Gasteiger partial charge in [0.2, 0.25) is 0 Å². The van der Waals surface area contributed by atoms with Crippen LogP contribution in [0.1, 0.15) is 33.6 Å². The van der Waals surface area contributed by atoms with Gasteiger partial charge in [-0.3, -0.25) is 0 Å². The van der Waals surface area contributed by atoms with Crippen LogP contribution in [0.4, 0.5) is 0 Å². The van der Waals surface area contributed by atoms with Crippen molar-refractivity contribution < 1.29 is 34.2 Å². The Morgan fingerprint density at radius 2 is 1.50 bits per heavy atom. The third kappa shape index (κ3) is 4.52. The average Bonchev–Trinajstić information content (AvgIpc) is 2.86. The zero-order valence-corrected chi connectivity index (χ0v) is 14.6. The molecule has 0 spiro atoms.